The third-order valence-corrected chi connectivity index (χ3v) is 4.08. The fourth-order valence-electron chi connectivity index (χ4n) is 2.84. The number of hydrogen-bond acceptors (Lipinski definition) is 5. The Morgan fingerprint density at radius 2 is 2.13 bits per heavy atom. The zero-order valence-corrected chi connectivity index (χ0v) is 15.5. The van der Waals surface area contributed by atoms with E-state index < -0.39 is 35.9 Å². The van der Waals surface area contributed by atoms with E-state index in [1.807, 2.05) is 0 Å². The number of pyridine rings is 1. The van der Waals surface area contributed by atoms with Crippen LogP contribution in [0.3, 0.4) is 0 Å². The van der Waals surface area contributed by atoms with Crippen LogP contribution in [0, 0.1) is 5.82 Å². The second kappa shape index (κ2) is 8.53. The van der Waals surface area contributed by atoms with Gasteiger partial charge in [-0.15, -0.1) is 13.2 Å². The first-order valence-electron chi connectivity index (χ1n) is 8.55. The number of urea groups is 1. The number of nitrogens with one attached hydrogen (secondary N) is 2. The smallest absolute Gasteiger partial charge is 0.403 e. The van der Waals surface area contributed by atoms with Crippen molar-refractivity contribution in [3.63, 3.8) is 0 Å². The molecule has 0 saturated carbocycles. The average molecular weight is 428 g/mol. The molecule has 1 aromatic carbocycles. The lowest BCUT2D eigenvalue weighted by Gasteiger charge is -2.29. The first-order chi connectivity index (χ1) is 14.2. The fourth-order valence-corrected chi connectivity index (χ4v) is 2.84. The number of fused-ring (bicyclic) bond motifs is 1. The van der Waals surface area contributed by atoms with Crippen molar-refractivity contribution in [2.45, 2.75) is 12.4 Å². The monoisotopic (exact) mass is 428 g/mol. The van der Waals surface area contributed by atoms with Gasteiger partial charge in [0.05, 0.1) is 18.3 Å². The van der Waals surface area contributed by atoms with Gasteiger partial charge in [0.15, 0.2) is 17.4 Å². The van der Waals surface area contributed by atoms with Gasteiger partial charge in [-0.25, -0.2) is 14.2 Å². The Morgan fingerprint density at radius 3 is 2.80 bits per heavy atom. The van der Waals surface area contributed by atoms with Crippen molar-refractivity contribution in [3.8, 4) is 5.75 Å². The Balaban J connectivity index is 1.82. The summed E-state index contributed by atoms with van der Waals surface area (Å²) in [5.41, 5.74) is 0.479. The van der Waals surface area contributed by atoms with E-state index in [2.05, 4.69) is 20.4 Å². The molecule has 3 rings (SSSR count). The Hall–Kier alpha value is -3.41. The number of carbonyl (C=O) groups is 2. The van der Waals surface area contributed by atoms with Crippen LogP contribution in [0.5, 0.6) is 5.75 Å². The molecule has 2 heterocycles. The van der Waals surface area contributed by atoms with Gasteiger partial charge in [0, 0.05) is 13.3 Å². The molecule has 12 heteroatoms. The van der Waals surface area contributed by atoms with Gasteiger partial charge in [0.25, 0.3) is 0 Å². The number of carbonyl (C=O) groups excluding carboxylic acids is 2. The number of amides is 3. The maximum atomic E-state index is 14.1. The number of nitrogens with zero attached hydrogens (tertiary/aromatic N) is 2. The van der Waals surface area contributed by atoms with E-state index in [1.54, 1.807) is 12.1 Å². The largest absolute Gasteiger partial charge is 0.573 e. The molecule has 0 spiro atoms. The summed E-state index contributed by atoms with van der Waals surface area (Å²) in [6.45, 7) is -0.415. The molecular formula is C18H16F4N4O4. The molecular weight excluding hydrogens is 412 g/mol. The van der Waals surface area contributed by atoms with Crippen molar-refractivity contribution in [2.24, 2.45) is 0 Å². The third-order valence-electron chi connectivity index (χ3n) is 4.08. The fraction of sp³-hybridized carbons (Fsp3) is 0.278. The van der Waals surface area contributed by atoms with Gasteiger partial charge in [0.2, 0.25) is 5.91 Å². The van der Waals surface area contributed by atoms with E-state index in [0.29, 0.717) is 5.69 Å². The second-order valence-electron chi connectivity index (χ2n) is 6.20. The molecule has 0 aliphatic carbocycles. The van der Waals surface area contributed by atoms with Crippen molar-refractivity contribution >= 4 is 23.4 Å². The molecule has 0 unspecified atom stereocenters. The molecule has 0 fully saturated rings. The normalized spacial score (nSPS) is 14.6. The van der Waals surface area contributed by atoms with Crippen LogP contribution in [0.15, 0.2) is 36.5 Å². The minimum atomic E-state index is -5.04. The zero-order valence-electron chi connectivity index (χ0n) is 15.5. The summed E-state index contributed by atoms with van der Waals surface area (Å²) >= 11 is 0. The van der Waals surface area contributed by atoms with Gasteiger partial charge in [-0.05, 0) is 29.8 Å². The maximum Gasteiger partial charge on any atom is 0.573 e. The van der Waals surface area contributed by atoms with Crippen molar-refractivity contribution in [2.75, 3.05) is 30.5 Å². The molecule has 0 saturated heterocycles. The van der Waals surface area contributed by atoms with Crippen LogP contribution in [0.1, 0.15) is 11.6 Å². The molecule has 8 nitrogen and oxygen atoms in total. The number of anilines is 2. The number of aromatic nitrogens is 1. The number of benzene rings is 1. The Bertz CT molecular complexity index is 954. The van der Waals surface area contributed by atoms with Crippen LogP contribution in [0.4, 0.5) is 33.9 Å². The molecule has 1 aliphatic rings. The van der Waals surface area contributed by atoms with Crippen LogP contribution in [0.2, 0.25) is 0 Å². The summed E-state index contributed by atoms with van der Waals surface area (Å²) in [6, 6.07) is 4.29. The van der Waals surface area contributed by atoms with Crippen LogP contribution >= 0.6 is 0 Å². The average Bonchev–Trinajstić information content (AvgIpc) is 2.67. The van der Waals surface area contributed by atoms with E-state index in [4.69, 9.17) is 4.74 Å². The number of hydrogen-bond donors (Lipinski definition) is 2. The van der Waals surface area contributed by atoms with Crippen molar-refractivity contribution in [1.82, 2.24) is 10.3 Å². The van der Waals surface area contributed by atoms with Crippen molar-refractivity contribution in [1.29, 1.82) is 0 Å². The molecule has 30 heavy (non-hydrogen) atoms. The van der Waals surface area contributed by atoms with Crippen LogP contribution in [0.25, 0.3) is 0 Å². The zero-order chi connectivity index (χ0) is 21.9. The van der Waals surface area contributed by atoms with Gasteiger partial charge < -0.3 is 20.1 Å². The molecule has 1 atom stereocenters. The maximum absolute atomic E-state index is 14.1. The lowest BCUT2D eigenvalue weighted by Crippen LogP contribution is -2.49. The molecule has 2 aromatic rings. The number of methoxy groups -OCH3 is 1. The first kappa shape index (κ1) is 21.3. The van der Waals surface area contributed by atoms with E-state index in [0.717, 1.165) is 17.0 Å². The second-order valence-corrected chi connectivity index (χ2v) is 6.20. The van der Waals surface area contributed by atoms with Crippen molar-refractivity contribution in [3.05, 3.63) is 47.9 Å². The Kier molecular flexibility index (Phi) is 6.06. The predicted molar refractivity (Wildman–Crippen MR) is 96.4 cm³/mol. The standard InChI is InChI=1S/C18H16F4N4O4/c1-29-9-13(10-4-5-14(11(19)7-10)30-18(20,21)22)25-17(28)26-8-15(27)24-12-3-2-6-23-16(12)26/h2-7,13H,8-9H2,1H3,(H,24,27)(H,25,28)/t13-/m0/s1. The highest BCUT2D eigenvalue weighted by Crippen LogP contribution is 2.29. The number of rotatable bonds is 5. The summed E-state index contributed by atoms with van der Waals surface area (Å²) in [5.74, 6) is -2.48. The Morgan fingerprint density at radius 1 is 1.37 bits per heavy atom. The third kappa shape index (κ3) is 4.95. The summed E-state index contributed by atoms with van der Waals surface area (Å²) in [4.78, 5) is 29.8. The van der Waals surface area contributed by atoms with Gasteiger partial charge in [-0.1, -0.05) is 6.07 Å². The highest BCUT2D eigenvalue weighted by Gasteiger charge is 2.33. The molecule has 160 valence electrons. The molecule has 0 bridgehead atoms. The first-order valence-corrected chi connectivity index (χ1v) is 8.55. The SMILES string of the molecule is COC[C@H](NC(=O)N1CC(=O)Nc2cccnc21)c1ccc(OC(F)(F)F)c(F)c1. The minimum Gasteiger partial charge on any atom is -0.403 e. The van der Waals surface area contributed by atoms with Gasteiger partial charge in [-0.2, -0.15) is 0 Å². The minimum absolute atomic E-state index is 0.111. The highest BCUT2D eigenvalue weighted by molar-refractivity contribution is 6.08. The van der Waals surface area contributed by atoms with Crippen molar-refractivity contribution < 1.29 is 36.6 Å². The molecule has 2 N–H and O–H groups in total. The number of alkyl halides is 3. The summed E-state index contributed by atoms with van der Waals surface area (Å²) in [7, 11) is 1.34. The topological polar surface area (TPSA) is 92.8 Å². The van der Waals surface area contributed by atoms with Gasteiger partial charge in [0.1, 0.15) is 6.54 Å². The summed E-state index contributed by atoms with van der Waals surface area (Å²) < 4.78 is 59.7. The molecule has 3 amide bonds. The van der Waals surface area contributed by atoms with E-state index in [9.17, 15) is 27.2 Å². The summed E-state index contributed by atoms with van der Waals surface area (Å²) in [5, 5.41) is 5.16. The lowest BCUT2D eigenvalue weighted by molar-refractivity contribution is -0.275. The predicted octanol–water partition coefficient (Wildman–Crippen LogP) is 2.98. The summed E-state index contributed by atoms with van der Waals surface area (Å²) in [6.07, 6.45) is -3.60. The lowest BCUT2D eigenvalue weighted by atomic mass is 10.1. The van der Waals surface area contributed by atoms with Crippen LogP contribution in [-0.2, 0) is 9.53 Å². The van der Waals surface area contributed by atoms with Crippen LogP contribution in [-0.4, -0.2) is 43.5 Å². The quantitative estimate of drug-likeness (QED) is 0.715. The van der Waals surface area contributed by atoms with E-state index in [1.165, 1.54) is 19.4 Å². The highest BCUT2D eigenvalue weighted by atomic mass is 19.4. The number of halogens is 4. The van der Waals surface area contributed by atoms with Gasteiger partial charge in [-0.3, -0.25) is 9.69 Å². The van der Waals surface area contributed by atoms with E-state index >= 15 is 0 Å². The molecule has 1 aromatic heterocycles. The van der Waals surface area contributed by atoms with E-state index in [-0.39, 0.29) is 24.5 Å². The molecule has 1 aliphatic heterocycles. The Labute approximate surface area is 167 Å². The van der Waals surface area contributed by atoms with Crippen LogP contribution < -0.4 is 20.3 Å². The number of ether oxygens (including phenoxy) is 2. The van der Waals surface area contributed by atoms with Gasteiger partial charge >= 0.3 is 12.4 Å². The molecule has 0 radical (unpaired) electrons.